The number of carbonyl (C=O) groups is 1. The highest BCUT2D eigenvalue weighted by molar-refractivity contribution is 5.86. The van der Waals surface area contributed by atoms with E-state index in [9.17, 15) is 4.79 Å². The van der Waals surface area contributed by atoms with Crippen molar-refractivity contribution in [1.29, 1.82) is 0 Å². The van der Waals surface area contributed by atoms with Gasteiger partial charge in [0.1, 0.15) is 0 Å². The van der Waals surface area contributed by atoms with Gasteiger partial charge < -0.3 is 13.9 Å². The van der Waals surface area contributed by atoms with E-state index in [1.807, 2.05) is 0 Å². The number of furan rings is 1. The summed E-state index contributed by atoms with van der Waals surface area (Å²) >= 11 is 0. The lowest BCUT2D eigenvalue weighted by Crippen LogP contribution is -2.05. The summed E-state index contributed by atoms with van der Waals surface area (Å²) in [7, 11) is 0. The van der Waals surface area contributed by atoms with Crippen LogP contribution in [-0.2, 0) is 9.47 Å². The van der Waals surface area contributed by atoms with Gasteiger partial charge in [-0.1, -0.05) is 0 Å². The van der Waals surface area contributed by atoms with Crippen LogP contribution in [-0.4, -0.2) is 12.6 Å². The van der Waals surface area contributed by atoms with E-state index < -0.39 is 5.97 Å². The summed E-state index contributed by atoms with van der Waals surface area (Å²) in [4.78, 5) is 11.1. The van der Waals surface area contributed by atoms with Crippen molar-refractivity contribution < 1.29 is 18.7 Å². The van der Waals surface area contributed by atoms with Crippen molar-refractivity contribution in [1.82, 2.24) is 0 Å². The van der Waals surface area contributed by atoms with Gasteiger partial charge in [-0.25, -0.2) is 4.79 Å². The van der Waals surface area contributed by atoms with Gasteiger partial charge in [0.2, 0.25) is 5.76 Å². The molecule has 0 unspecified atom stereocenters. The lowest BCUT2D eigenvalue weighted by molar-refractivity contribution is 0.0262. The molecule has 0 radical (unpaired) electrons. The Hall–Kier alpha value is -1.71. The van der Waals surface area contributed by atoms with E-state index in [1.54, 1.807) is 13.0 Å². The summed E-state index contributed by atoms with van der Waals surface area (Å²) in [5, 5.41) is 0. The highest BCUT2D eigenvalue weighted by Crippen LogP contribution is 2.06. The lowest BCUT2D eigenvalue weighted by Gasteiger charge is -2.04. The van der Waals surface area contributed by atoms with Crippen molar-refractivity contribution in [3.8, 4) is 0 Å². The fourth-order valence-corrected chi connectivity index (χ4v) is 0.739. The summed E-state index contributed by atoms with van der Waals surface area (Å²) in [6, 6.07) is 3.10. The first-order valence-corrected chi connectivity index (χ1v) is 3.81. The van der Waals surface area contributed by atoms with E-state index in [1.165, 1.54) is 12.3 Å². The maximum absolute atomic E-state index is 11.1. The van der Waals surface area contributed by atoms with Crippen LogP contribution >= 0.6 is 0 Å². The normalized spacial score (nSPS) is 9.31. The highest BCUT2D eigenvalue weighted by atomic mass is 16.7. The molecule has 1 rings (SSSR count). The van der Waals surface area contributed by atoms with E-state index in [0.29, 0.717) is 6.61 Å². The molecule has 0 amide bonds. The van der Waals surface area contributed by atoms with Gasteiger partial charge in [-0.3, -0.25) is 0 Å². The number of hydrogen-bond donors (Lipinski definition) is 0. The van der Waals surface area contributed by atoms with Gasteiger partial charge in [0.25, 0.3) is 5.95 Å². The average molecular weight is 182 g/mol. The predicted octanol–water partition coefficient (Wildman–Crippen LogP) is 1.94. The first kappa shape index (κ1) is 9.38. The minimum Gasteiger partial charge on any atom is -0.466 e. The standard InChI is InChI=1S/C9H10O4/c1-3-11-7(2)13-9(10)8-5-4-6-12-8/h4-6H,2-3H2,1H3. The Morgan fingerprint density at radius 2 is 2.46 bits per heavy atom. The molecular weight excluding hydrogens is 172 g/mol. The van der Waals surface area contributed by atoms with Gasteiger partial charge in [-0.15, -0.1) is 0 Å². The van der Waals surface area contributed by atoms with Crippen LogP contribution in [0.25, 0.3) is 0 Å². The Balaban J connectivity index is 2.47. The van der Waals surface area contributed by atoms with Crippen LogP contribution in [0.5, 0.6) is 0 Å². The van der Waals surface area contributed by atoms with Gasteiger partial charge in [-0.05, 0) is 25.6 Å². The van der Waals surface area contributed by atoms with Crippen LogP contribution in [0.4, 0.5) is 0 Å². The molecule has 4 heteroatoms. The first-order chi connectivity index (χ1) is 6.24. The average Bonchev–Trinajstić information content (AvgIpc) is 2.55. The Labute approximate surface area is 75.7 Å². The zero-order chi connectivity index (χ0) is 9.68. The second kappa shape index (κ2) is 4.35. The van der Waals surface area contributed by atoms with E-state index >= 15 is 0 Å². The Morgan fingerprint density at radius 1 is 1.69 bits per heavy atom. The molecule has 0 saturated carbocycles. The maximum Gasteiger partial charge on any atom is 0.381 e. The van der Waals surface area contributed by atoms with Gasteiger partial charge >= 0.3 is 5.97 Å². The number of carbonyl (C=O) groups excluding carboxylic acids is 1. The third kappa shape index (κ3) is 2.66. The summed E-state index contributed by atoms with van der Waals surface area (Å²) in [6.45, 7) is 5.56. The predicted molar refractivity (Wildman–Crippen MR) is 44.9 cm³/mol. The fraction of sp³-hybridized carbons (Fsp3) is 0.222. The van der Waals surface area contributed by atoms with E-state index in [2.05, 4.69) is 11.3 Å². The second-order valence-corrected chi connectivity index (χ2v) is 2.17. The molecule has 0 aliphatic heterocycles. The summed E-state index contributed by atoms with van der Waals surface area (Å²) < 4.78 is 14.3. The van der Waals surface area contributed by atoms with Crippen LogP contribution in [0.1, 0.15) is 17.5 Å². The third-order valence-corrected chi connectivity index (χ3v) is 1.23. The molecule has 0 atom stereocenters. The second-order valence-electron chi connectivity index (χ2n) is 2.17. The van der Waals surface area contributed by atoms with Crippen LogP contribution < -0.4 is 0 Å². The molecule has 0 bridgehead atoms. The summed E-state index contributed by atoms with van der Waals surface area (Å²) in [6.07, 6.45) is 1.39. The molecule has 1 aromatic heterocycles. The topological polar surface area (TPSA) is 48.7 Å². The largest absolute Gasteiger partial charge is 0.466 e. The molecular formula is C9H10O4. The number of rotatable bonds is 4. The van der Waals surface area contributed by atoms with Gasteiger partial charge in [0.15, 0.2) is 0 Å². The zero-order valence-electron chi connectivity index (χ0n) is 7.28. The van der Waals surface area contributed by atoms with E-state index in [0.717, 1.165) is 0 Å². The fourth-order valence-electron chi connectivity index (χ4n) is 0.739. The van der Waals surface area contributed by atoms with Crippen molar-refractivity contribution in [2.75, 3.05) is 6.61 Å². The monoisotopic (exact) mass is 182 g/mol. The van der Waals surface area contributed by atoms with E-state index in [4.69, 9.17) is 9.15 Å². The molecule has 1 aromatic rings. The molecule has 0 fully saturated rings. The quantitative estimate of drug-likeness (QED) is 0.527. The molecule has 0 spiro atoms. The summed E-state index contributed by atoms with van der Waals surface area (Å²) in [5.74, 6) is -0.506. The summed E-state index contributed by atoms with van der Waals surface area (Å²) in [5.41, 5.74) is 0. The van der Waals surface area contributed by atoms with Crippen molar-refractivity contribution in [3.63, 3.8) is 0 Å². The SMILES string of the molecule is C=C(OCC)OC(=O)c1ccco1. The molecule has 0 aliphatic carbocycles. The van der Waals surface area contributed by atoms with Crippen LogP contribution in [0.15, 0.2) is 35.3 Å². The molecule has 0 aliphatic rings. The molecule has 4 nitrogen and oxygen atoms in total. The molecule has 0 N–H and O–H groups in total. The van der Waals surface area contributed by atoms with Crippen molar-refractivity contribution >= 4 is 5.97 Å². The maximum atomic E-state index is 11.1. The lowest BCUT2D eigenvalue weighted by atomic mass is 10.5. The third-order valence-electron chi connectivity index (χ3n) is 1.23. The Kier molecular flexibility index (Phi) is 3.14. The number of hydrogen-bond acceptors (Lipinski definition) is 4. The molecule has 0 aromatic carbocycles. The number of ether oxygens (including phenoxy) is 2. The van der Waals surface area contributed by atoms with Gasteiger partial charge in [-0.2, -0.15) is 0 Å². The molecule has 0 saturated heterocycles. The van der Waals surface area contributed by atoms with Crippen molar-refractivity contribution in [2.24, 2.45) is 0 Å². The van der Waals surface area contributed by atoms with E-state index in [-0.39, 0.29) is 11.7 Å². The molecule has 70 valence electrons. The highest BCUT2D eigenvalue weighted by Gasteiger charge is 2.11. The van der Waals surface area contributed by atoms with Gasteiger partial charge in [0, 0.05) is 0 Å². The minimum absolute atomic E-state index is 0.0242. The smallest absolute Gasteiger partial charge is 0.381 e. The van der Waals surface area contributed by atoms with Crippen LogP contribution in [0.3, 0.4) is 0 Å². The van der Waals surface area contributed by atoms with Crippen LogP contribution in [0.2, 0.25) is 0 Å². The molecule has 1 heterocycles. The Morgan fingerprint density at radius 3 is 3.00 bits per heavy atom. The Bertz CT molecular complexity index is 287. The van der Waals surface area contributed by atoms with Crippen molar-refractivity contribution in [3.05, 3.63) is 36.7 Å². The van der Waals surface area contributed by atoms with Crippen LogP contribution in [0, 0.1) is 0 Å². The number of esters is 1. The minimum atomic E-state index is -0.608. The first-order valence-electron chi connectivity index (χ1n) is 3.81. The van der Waals surface area contributed by atoms with Crippen molar-refractivity contribution in [2.45, 2.75) is 6.92 Å². The van der Waals surface area contributed by atoms with Gasteiger partial charge in [0.05, 0.1) is 12.9 Å². The molecule has 13 heavy (non-hydrogen) atoms. The zero-order valence-corrected chi connectivity index (χ0v) is 7.28.